The molecule has 0 aromatic heterocycles. The Morgan fingerprint density at radius 1 is 1.23 bits per heavy atom. The lowest BCUT2D eigenvalue weighted by molar-refractivity contribution is -0.302. The lowest BCUT2D eigenvalue weighted by atomic mass is 9.76. The molecule has 1 fully saturated rings. The van der Waals surface area contributed by atoms with Gasteiger partial charge in [-0.1, -0.05) is 13.8 Å². The Morgan fingerprint density at radius 2 is 1.69 bits per heavy atom. The number of carboxylic acids is 2. The molecule has 0 aliphatic carbocycles. The molecule has 74 valence electrons. The van der Waals surface area contributed by atoms with Gasteiger partial charge in [-0.05, 0) is 0 Å². The lowest BCUT2D eigenvalue weighted by Crippen LogP contribution is -2.56. The third-order valence-electron chi connectivity index (χ3n) is 2.16. The van der Waals surface area contributed by atoms with Gasteiger partial charge in [-0.25, -0.2) is 19.4 Å². The molecule has 1 heterocycles. The molecular formula is C7H10O6. The monoisotopic (exact) mass is 190 g/mol. The quantitative estimate of drug-likeness (QED) is 0.466. The SMILES string of the molecule is CC1(C)COOC1(C(=O)O)C(=O)O. The van der Waals surface area contributed by atoms with E-state index in [1.54, 1.807) is 0 Å². The first-order valence-electron chi connectivity index (χ1n) is 3.62. The summed E-state index contributed by atoms with van der Waals surface area (Å²) in [5, 5.41) is 17.6. The average Bonchev–Trinajstić information content (AvgIpc) is 2.25. The summed E-state index contributed by atoms with van der Waals surface area (Å²) in [6.07, 6.45) is 0. The van der Waals surface area contributed by atoms with Gasteiger partial charge in [0.25, 0.3) is 0 Å². The Bertz CT molecular complexity index is 242. The number of carboxylic acid groups (broad SMARTS) is 2. The number of hydrogen-bond acceptors (Lipinski definition) is 4. The van der Waals surface area contributed by atoms with Crippen molar-refractivity contribution in [3.05, 3.63) is 0 Å². The van der Waals surface area contributed by atoms with Crippen LogP contribution in [-0.2, 0) is 19.4 Å². The van der Waals surface area contributed by atoms with E-state index >= 15 is 0 Å². The zero-order chi connectivity index (χ0) is 10.3. The van der Waals surface area contributed by atoms with Crippen molar-refractivity contribution in [3.8, 4) is 0 Å². The van der Waals surface area contributed by atoms with Crippen molar-refractivity contribution in [3.63, 3.8) is 0 Å². The predicted molar refractivity (Wildman–Crippen MR) is 38.8 cm³/mol. The summed E-state index contributed by atoms with van der Waals surface area (Å²) in [5.74, 6) is -3.11. The van der Waals surface area contributed by atoms with Gasteiger partial charge in [0.05, 0.1) is 6.61 Å². The van der Waals surface area contributed by atoms with E-state index in [-0.39, 0.29) is 6.61 Å². The fourth-order valence-electron chi connectivity index (χ4n) is 1.22. The maximum absolute atomic E-state index is 10.8. The molecule has 0 atom stereocenters. The van der Waals surface area contributed by atoms with Crippen molar-refractivity contribution < 1.29 is 29.6 Å². The maximum atomic E-state index is 10.8. The van der Waals surface area contributed by atoms with Crippen LogP contribution in [0, 0.1) is 5.41 Å². The third-order valence-corrected chi connectivity index (χ3v) is 2.16. The zero-order valence-electron chi connectivity index (χ0n) is 7.23. The highest BCUT2D eigenvalue weighted by molar-refractivity contribution is 6.03. The van der Waals surface area contributed by atoms with Gasteiger partial charge in [-0.15, -0.1) is 0 Å². The maximum Gasteiger partial charge on any atom is 0.351 e. The summed E-state index contributed by atoms with van der Waals surface area (Å²) in [7, 11) is 0. The number of aliphatic carboxylic acids is 2. The van der Waals surface area contributed by atoms with Crippen LogP contribution in [0.5, 0.6) is 0 Å². The van der Waals surface area contributed by atoms with Gasteiger partial charge in [0, 0.05) is 5.41 Å². The number of hydrogen-bond donors (Lipinski definition) is 2. The van der Waals surface area contributed by atoms with Gasteiger partial charge in [-0.3, -0.25) is 0 Å². The van der Waals surface area contributed by atoms with Gasteiger partial charge in [0.15, 0.2) is 0 Å². The highest BCUT2D eigenvalue weighted by atomic mass is 17.2. The van der Waals surface area contributed by atoms with Crippen LogP contribution in [0.1, 0.15) is 13.8 Å². The van der Waals surface area contributed by atoms with Crippen molar-refractivity contribution in [2.24, 2.45) is 5.41 Å². The van der Waals surface area contributed by atoms with E-state index < -0.39 is 23.0 Å². The Labute approximate surface area is 74.0 Å². The molecule has 13 heavy (non-hydrogen) atoms. The van der Waals surface area contributed by atoms with Gasteiger partial charge < -0.3 is 10.2 Å². The molecule has 6 nitrogen and oxygen atoms in total. The van der Waals surface area contributed by atoms with Crippen LogP contribution < -0.4 is 0 Å². The van der Waals surface area contributed by atoms with Crippen LogP contribution >= 0.6 is 0 Å². The van der Waals surface area contributed by atoms with Crippen LogP contribution in [0.25, 0.3) is 0 Å². The summed E-state index contributed by atoms with van der Waals surface area (Å²) in [6, 6.07) is 0. The summed E-state index contributed by atoms with van der Waals surface area (Å²) in [4.78, 5) is 30.4. The first-order valence-corrected chi connectivity index (χ1v) is 3.62. The first-order chi connectivity index (χ1) is 5.84. The van der Waals surface area contributed by atoms with Crippen LogP contribution in [0.15, 0.2) is 0 Å². The number of carbonyl (C=O) groups is 2. The van der Waals surface area contributed by atoms with Crippen LogP contribution in [0.2, 0.25) is 0 Å². The highest BCUT2D eigenvalue weighted by Crippen LogP contribution is 2.40. The Kier molecular flexibility index (Phi) is 2.05. The van der Waals surface area contributed by atoms with E-state index in [4.69, 9.17) is 10.2 Å². The predicted octanol–water partition coefficient (Wildman–Crippen LogP) is -0.118. The minimum absolute atomic E-state index is 0.0639. The van der Waals surface area contributed by atoms with Crippen LogP contribution in [-0.4, -0.2) is 34.4 Å². The van der Waals surface area contributed by atoms with Gasteiger partial charge in [0.2, 0.25) is 0 Å². The molecule has 0 spiro atoms. The molecule has 0 amide bonds. The van der Waals surface area contributed by atoms with Crippen molar-refractivity contribution in [1.82, 2.24) is 0 Å². The fraction of sp³-hybridized carbons (Fsp3) is 0.714. The second-order valence-electron chi connectivity index (χ2n) is 3.52. The topological polar surface area (TPSA) is 93.1 Å². The molecular weight excluding hydrogens is 180 g/mol. The summed E-state index contributed by atoms with van der Waals surface area (Å²) in [6.45, 7) is 2.86. The standard InChI is InChI=1S/C7H10O6/c1-6(2)3-12-13-7(6,4(8)9)5(10)11/h3H2,1-2H3,(H,8,9)(H,10,11). The molecule has 6 heteroatoms. The fourth-order valence-corrected chi connectivity index (χ4v) is 1.22. The zero-order valence-corrected chi connectivity index (χ0v) is 7.23. The van der Waals surface area contributed by atoms with E-state index in [0.717, 1.165) is 0 Å². The summed E-state index contributed by atoms with van der Waals surface area (Å²) in [5.41, 5.74) is -3.39. The van der Waals surface area contributed by atoms with E-state index in [9.17, 15) is 9.59 Å². The molecule has 1 saturated heterocycles. The molecule has 0 aromatic rings. The number of rotatable bonds is 2. The van der Waals surface area contributed by atoms with Crippen LogP contribution in [0.3, 0.4) is 0 Å². The molecule has 0 unspecified atom stereocenters. The molecule has 1 rings (SSSR count). The molecule has 0 aromatic carbocycles. The summed E-state index contributed by atoms with van der Waals surface area (Å²) < 4.78 is 0. The first kappa shape index (κ1) is 9.94. The van der Waals surface area contributed by atoms with Crippen LogP contribution in [0.4, 0.5) is 0 Å². The minimum atomic E-state index is -2.30. The normalized spacial score (nSPS) is 24.2. The van der Waals surface area contributed by atoms with Crippen molar-refractivity contribution in [2.45, 2.75) is 19.4 Å². The molecule has 0 saturated carbocycles. The van der Waals surface area contributed by atoms with Gasteiger partial charge in [-0.2, -0.15) is 0 Å². The Morgan fingerprint density at radius 3 is 1.85 bits per heavy atom. The lowest BCUT2D eigenvalue weighted by Gasteiger charge is -2.28. The molecule has 2 N–H and O–H groups in total. The second kappa shape index (κ2) is 2.68. The van der Waals surface area contributed by atoms with Crippen molar-refractivity contribution in [1.29, 1.82) is 0 Å². The minimum Gasteiger partial charge on any atom is -0.479 e. The smallest absolute Gasteiger partial charge is 0.351 e. The van der Waals surface area contributed by atoms with Gasteiger partial charge in [0.1, 0.15) is 0 Å². The second-order valence-corrected chi connectivity index (χ2v) is 3.52. The van der Waals surface area contributed by atoms with E-state index in [1.165, 1.54) is 13.8 Å². The molecule has 0 bridgehead atoms. The largest absolute Gasteiger partial charge is 0.479 e. The summed E-state index contributed by atoms with van der Waals surface area (Å²) >= 11 is 0. The molecule has 0 radical (unpaired) electrons. The van der Waals surface area contributed by atoms with Crippen molar-refractivity contribution >= 4 is 11.9 Å². The molecule has 1 aliphatic heterocycles. The third kappa shape index (κ3) is 1.10. The Hall–Kier alpha value is -1.14. The van der Waals surface area contributed by atoms with E-state index in [1.807, 2.05) is 0 Å². The average molecular weight is 190 g/mol. The molecule has 1 aliphatic rings. The van der Waals surface area contributed by atoms with E-state index in [0.29, 0.717) is 0 Å². The van der Waals surface area contributed by atoms with E-state index in [2.05, 4.69) is 9.78 Å². The van der Waals surface area contributed by atoms with Gasteiger partial charge >= 0.3 is 17.5 Å². The Balaban J connectivity index is 3.19. The highest BCUT2D eigenvalue weighted by Gasteiger charge is 2.65. The van der Waals surface area contributed by atoms with Crippen molar-refractivity contribution in [2.75, 3.05) is 6.61 Å².